The number of hydrogen-bond donors (Lipinski definition) is 1. The van der Waals surface area contributed by atoms with Crippen molar-refractivity contribution in [3.63, 3.8) is 0 Å². The standard InChI is InChI=1S/C6H10IN3O/c7-6-4-9-10(5-6)2-1-3-11-8/h4-5H,1-3,8H2. The van der Waals surface area contributed by atoms with Crippen molar-refractivity contribution in [2.75, 3.05) is 6.61 Å². The summed E-state index contributed by atoms with van der Waals surface area (Å²) in [4.78, 5) is 4.43. The Balaban J connectivity index is 2.27. The fourth-order valence-electron chi connectivity index (χ4n) is 0.771. The molecule has 0 radical (unpaired) electrons. The third-order valence-electron chi connectivity index (χ3n) is 1.25. The molecule has 0 spiro atoms. The quantitative estimate of drug-likeness (QED) is 0.498. The normalized spacial score (nSPS) is 10.4. The van der Waals surface area contributed by atoms with Gasteiger partial charge in [0.15, 0.2) is 0 Å². The molecule has 1 aromatic rings. The monoisotopic (exact) mass is 267 g/mol. The maximum absolute atomic E-state index is 4.87. The minimum atomic E-state index is 0.580. The molecule has 0 atom stereocenters. The first-order valence-electron chi connectivity index (χ1n) is 3.32. The Kier molecular flexibility index (Phi) is 3.81. The fraction of sp³-hybridized carbons (Fsp3) is 0.500. The second kappa shape index (κ2) is 4.68. The Bertz CT molecular complexity index is 213. The van der Waals surface area contributed by atoms with E-state index >= 15 is 0 Å². The molecule has 0 unspecified atom stereocenters. The van der Waals surface area contributed by atoms with E-state index < -0.39 is 0 Å². The maximum Gasteiger partial charge on any atom is 0.0696 e. The zero-order valence-electron chi connectivity index (χ0n) is 6.03. The van der Waals surface area contributed by atoms with Gasteiger partial charge in [-0.3, -0.25) is 4.68 Å². The number of nitrogens with zero attached hydrogens (tertiary/aromatic N) is 2. The van der Waals surface area contributed by atoms with E-state index in [1.165, 1.54) is 0 Å². The first-order valence-corrected chi connectivity index (χ1v) is 4.40. The molecule has 0 aromatic carbocycles. The van der Waals surface area contributed by atoms with E-state index in [0.29, 0.717) is 6.61 Å². The van der Waals surface area contributed by atoms with Crippen LogP contribution in [0.25, 0.3) is 0 Å². The fourth-order valence-corrected chi connectivity index (χ4v) is 1.22. The van der Waals surface area contributed by atoms with E-state index in [1.807, 2.05) is 17.1 Å². The molecule has 1 aromatic heterocycles. The SMILES string of the molecule is NOCCCn1cc(I)cn1. The zero-order chi connectivity index (χ0) is 8.10. The van der Waals surface area contributed by atoms with Gasteiger partial charge in [0, 0.05) is 12.7 Å². The molecular formula is C6H10IN3O. The molecule has 0 amide bonds. The number of aryl methyl sites for hydroxylation is 1. The summed E-state index contributed by atoms with van der Waals surface area (Å²) in [6.45, 7) is 1.44. The summed E-state index contributed by atoms with van der Waals surface area (Å²) < 4.78 is 3.03. The minimum Gasteiger partial charge on any atom is -0.305 e. The molecular weight excluding hydrogens is 257 g/mol. The molecule has 2 N–H and O–H groups in total. The Labute approximate surface area is 78.8 Å². The van der Waals surface area contributed by atoms with Crippen LogP contribution in [0.4, 0.5) is 0 Å². The molecule has 4 nitrogen and oxygen atoms in total. The molecule has 0 aliphatic carbocycles. The van der Waals surface area contributed by atoms with Crippen LogP contribution in [0.5, 0.6) is 0 Å². The van der Waals surface area contributed by atoms with Gasteiger partial charge in [-0.1, -0.05) is 0 Å². The first kappa shape index (κ1) is 8.95. The highest BCUT2D eigenvalue weighted by Crippen LogP contribution is 2.01. The van der Waals surface area contributed by atoms with Crippen molar-refractivity contribution in [2.45, 2.75) is 13.0 Å². The Morgan fingerprint density at radius 3 is 3.09 bits per heavy atom. The van der Waals surface area contributed by atoms with Crippen LogP contribution in [0.2, 0.25) is 0 Å². The highest BCUT2D eigenvalue weighted by Gasteiger charge is 1.93. The highest BCUT2D eigenvalue weighted by atomic mass is 127. The van der Waals surface area contributed by atoms with Gasteiger partial charge >= 0.3 is 0 Å². The highest BCUT2D eigenvalue weighted by molar-refractivity contribution is 14.1. The summed E-state index contributed by atoms with van der Waals surface area (Å²) in [5.74, 6) is 4.87. The number of rotatable bonds is 4. The molecule has 1 heterocycles. The van der Waals surface area contributed by atoms with Crippen LogP contribution in [0.1, 0.15) is 6.42 Å². The van der Waals surface area contributed by atoms with Crippen LogP contribution in [-0.2, 0) is 11.4 Å². The van der Waals surface area contributed by atoms with Crippen molar-refractivity contribution in [3.8, 4) is 0 Å². The van der Waals surface area contributed by atoms with Crippen molar-refractivity contribution in [1.29, 1.82) is 0 Å². The Morgan fingerprint density at radius 1 is 1.73 bits per heavy atom. The van der Waals surface area contributed by atoms with Crippen molar-refractivity contribution >= 4 is 22.6 Å². The Morgan fingerprint density at radius 2 is 2.55 bits per heavy atom. The maximum atomic E-state index is 4.87. The molecule has 0 saturated carbocycles. The largest absolute Gasteiger partial charge is 0.305 e. The van der Waals surface area contributed by atoms with E-state index in [-0.39, 0.29) is 0 Å². The van der Waals surface area contributed by atoms with Crippen molar-refractivity contribution in [3.05, 3.63) is 16.0 Å². The van der Waals surface area contributed by atoms with Gasteiger partial charge in [0.25, 0.3) is 0 Å². The van der Waals surface area contributed by atoms with Crippen LogP contribution in [-0.4, -0.2) is 16.4 Å². The summed E-state index contributed by atoms with van der Waals surface area (Å²) in [5.41, 5.74) is 0. The van der Waals surface area contributed by atoms with Gasteiger partial charge in [-0.15, -0.1) is 0 Å². The lowest BCUT2D eigenvalue weighted by Crippen LogP contribution is -2.05. The lowest BCUT2D eigenvalue weighted by molar-refractivity contribution is 0.131. The lowest BCUT2D eigenvalue weighted by Gasteiger charge is -1.98. The summed E-state index contributed by atoms with van der Waals surface area (Å²) >= 11 is 2.22. The van der Waals surface area contributed by atoms with Gasteiger partial charge in [-0.25, -0.2) is 5.90 Å². The van der Waals surface area contributed by atoms with Crippen LogP contribution >= 0.6 is 22.6 Å². The van der Waals surface area contributed by atoms with Gasteiger partial charge in [0.2, 0.25) is 0 Å². The van der Waals surface area contributed by atoms with Crippen LogP contribution < -0.4 is 5.90 Å². The van der Waals surface area contributed by atoms with Crippen LogP contribution in [0.15, 0.2) is 12.4 Å². The number of hydrogen-bond acceptors (Lipinski definition) is 3. The molecule has 0 aliphatic heterocycles. The van der Waals surface area contributed by atoms with E-state index in [0.717, 1.165) is 16.5 Å². The molecule has 1 rings (SSSR count). The van der Waals surface area contributed by atoms with Crippen LogP contribution in [0.3, 0.4) is 0 Å². The van der Waals surface area contributed by atoms with Crippen molar-refractivity contribution < 1.29 is 4.84 Å². The lowest BCUT2D eigenvalue weighted by atomic mass is 10.4. The van der Waals surface area contributed by atoms with E-state index in [4.69, 9.17) is 5.90 Å². The number of aromatic nitrogens is 2. The molecule has 0 fully saturated rings. The van der Waals surface area contributed by atoms with Crippen LogP contribution in [0, 0.1) is 3.57 Å². The van der Waals surface area contributed by atoms with Gasteiger partial charge in [0.1, 0.15) is 0 Å². The molecule has 0 saturated heterocycles. The smallest absolute Gasteiger partial charge is 0.0696 e. The Hall–Kier alpha value is -0.140. The van der Waals surface area contributed by atoms with E-state index in [1.54, 1.807) is 0 Å². The molecule has 11 heavy (non-hydrogen) atoms. The first-order chi connectivity index (χ1) is 5.33. The summed E-state index contributed by atoms with van der Waals surface area (Å²) in [5, 5.41) is 4.10. The average Bonchev–Trinajstić information content (AvgIpc) is 2.37. The number of nitrogens with two attached hydrogens (primary N) is 1. The molecule has 0 aliphatic rings. The second-order valence-corrected chi connectivity index (χ2v) is 3.39. The minimum absolute atomic E-state index is 0.580. The van der Waals surface area contributed by atoms with Gasteiger partial charge < -0.3 is 4.84 Å². The van der Waals surface area contributed by atoms with Gasteiger partial charge in [-0.05, 0) is 29.0 Å². The average molecular weight is 267 g/mol. The molecule has 5 heteroatoms. The third-order valence-corrected chi connectivity index (χ3v) is 1.81. The summed E-state index contributed by atoms with van der Waals surface area (Å²) in [6, 6.07) is 0. The van der Waals surface area contributed by atoms with E-state index in [2.05, 4.69) is 32.5 Å². The second-order valence-electron chi connectivity index (χ2n) is 2.15. The zero-order valence-corrected chi connectivity index (χ0v) is 8.19. The van der Waals surface area contributed by atoms with Crippen molar-refractivity contribution in [2.24, 2.45) is 5.90 Å². The predicted octanol–water partition coefficient (Wildman–Crippen LogP) is 0.768. The summed E-state index contributed by atoms with van der Waals surface area (Å²) in [7, 11) is 0. The molecule has 0 bridgehead atoms. The van der Waals surface area contributed by atoms with E-state index in [9.17, 15) is 0 Å². The topological polar surface area (TPSA) is 53.1 Å². The third kappa shape index (κ3) is 3.17. The molecule has 62 valence electrons. The van der Waals surface area contributed by atoms with Gasteiger partial charge in [-0.2, -0.15) is 5.10 Å². The van der Waals surface area contributed by atoms with Gasteiger partial charge in [0.05, 0.1) is 16.4 Å². The predicted molar refractivity (Wildman–Crippen MR) is 49.7 cm³/mol. The number of halogens is 1. The summed E-state index contributed by atoms with van der Waals surface area (Å²) in [6.07, 6.45) is 4.70. The van der Waals surface area contributed by atoms with Crippen molar-refractivity contribution in [1.82, 2.24) is 9.78 Å².